The minimum atomic E-state index is -0.538. The highest BCUT2D eigenvalue weighted by molar-refractivity contribution is 8.00. The lowest BCUT2D eigenvalue weighted by Gasteiger charge is -2.10. The first-order valence-electron chi connectivity index (χ1n) is 5.00. The highest BCUT2D eigenvalue weighted by Crippen LogP contribution is 2.33. The Morgan fingerprint density at radius 2 is 2.17 bits per heavy atom. The Balaban J connectivity index is 3.07. The summed E-state index contributed by atoms with van der Waals surface area (Å²) in [6.07, 6.45) is 0. The average molecular weight is 289 g/mol. The van der Waals surface area contributed by atoms with Crippen LogP contribution in [0.1, 0.15) is 10.4 Å². The highest BCUT2D eigenvalue weighted by atomic mass is 35.5. The van der Waals surface area contributed by atoms with Gasteiger partial charge in [-0.15, -0.1) is 11.8 Å². The Hall–Kier alpha value is -1.40. The number of halogens is 1. The van der Waals surface area contributed by atoms with Crippen LogP contribution >= 0.6 is 23.4 Å². The van der Waals surface area contributed by atoms with Crippen molar-refractivity contribution in [2.45, 2.75) is 4.90 Å². The van der Waals surface area contributed by atoms with Crippen molar-refractivity contribution in [1.29, 1.82) is 0 Å². The van der Waals surface area contributed by atoms with Crippen LogP contribution in [-0.2, 0) is 9.53 Å². The molecule has 98 valence electrons. The quantitative estimate of drug-likeness (QED) is 0.499. The van der Waals surface area contributed by atoms with Crippen LogP contribution in [0.15, 0.2) is 17.0 Å². The van der Waals surface area contributed by atoms with Gasteiger partial charge >= 0.3 is 5.97 Å². The monoisotopic (exact) mass is 288 g/mol. The van der Waals surface area contributed by atoms with Gasteiger partial charge in [-0.05, 0) is 12.1 Å². The summed E-state index contributed by atoms with van der Waals surface area (Å²) >= 11 is 7.18. The van der Waals surface area contributed by atoms with Crippen molar-refractivity contribution in [3.8, 4) is 0 Å². The third-order valence-corrected chi connectivity index (χ3v) is 3.64. The van der Waals surface area contributed by atoms with Gasteiger partial charge in [0.05, 0.1) is 23.4 Å². The van der Waals surface area contributed by atoms with E-state index in [-0.39, 0.29) is 17.2 Å². The van der Waals surface area contributed by atoms with Crippen molar-refractivity contribution in [2.75, 3.05) is 25.6 Å². The summed E-state index contributed by atoms with van der Waals surface area (Å²) in [5.74, 6) is -0.545. The molecule has 0 heterocycles. The van der Waals surface area contributed by atoms with E-state index in [1.54, 1.807) is 0 Å². The summed E-state index contributed by atoms with van der Waals surface area (Å²) in [5, 5.41) is 2.81. The second-order valence-corrected chi connectivity index (χ2v) is 4.73. The summed E-state index contributed by atoms with van der Waals surface area (Å²) in [5.41, 5.74) is 6.25. The number of anilines is 1. The molecule has 1 aromatic carbocycles. The lowest BCUT2D eigenvalue weighted by molar-refractivity contribution is -0.118. The molecule has 0 atom stereocenters. The van der Waals surface area contributed by atoms with Gasteiger partial charge in [-0.1, -0.05) is 11.6 Å². The van der Waals surface area contributed by atoms with Crippen molar-refractivity contribution in [3.63, 3.8) is 0 Å². The third kappa shape index (κ3) is 3.54. The second kappa shape index (κ2) is 6.51. The summed E-state index contributed by atoms with van der Waals surface area (Å²) in [7, 11) is 2.81. The molecule has 0 radical (unpaired) electrons. The van der Waals surface area contributed by atoms with Crippen LogP contribution in [0.4, 0.5) is 5.69 Å². The number of hydrogen-bond donors (Lipinski definition) is 2. The lowest BCUT2D eigenvalue weighted by Crippen LogP contribution is -2.20. The number of hydrogen-bond acceptors (Lipinski definition) is 5. The maximum Gasteiger partial charge on any atom is 0.339 e. The normalized spacial score (nSPS) is 9.94. The zero-order chi connectivity index (χ0) is 13.7. The second-order valence-electron chi connectivity index (χ2n) is 3.33. The van der Waals surface area contributed by atoms with Crippen molar-refractivity contribution in [2.24, 2.45) is 0 Å². The molecule has 1 aromatic rings. The number of methoxy groups -OCH3 is 1. The highest BCUT2D eigenvalue weighted by Gasteiger charge is 2.17. The van der Waals surface area contributed by atoms with Gasteiger partial charge in [-0.2, -0.15) is 0 Å². The summed E-state index contributed by atoms with van der Waals surface area (Å²) < 4.78 is 4.65. The molecule has 0 aromatic heterocycles. The van der Waals surface area contributed by atoms with Crippen molar-refractivity contribution >= 4 is 40.9 Å². The third-order valence-electron chi connectivity index (χ3n) is 2.10. The molecular formula is C11H13ClN2O3S. The minimum absolute atomic E-state index is 0.157. The fourth-order valence-electron chi connectivity index (χ4n) is 1.23. The van der Waals surface area contributed by atoms with E-state index >= 15 is 0 Å². The van der Waals surface area contributed by atoms with E-state index in [0.29, 0.717) is 15.6 Å². The van der Waals surface area contributed by atoms with Gasteiger partial charge in [0.2, 0.25) is 5.91 Å². The first-order valence-corrected chi connectivity index (χ1v) is 6.36. The van der Waals surface area contributed by atoms with Gasteiger partial charge in [-0.3, -0.25) is 4.79 Å². The average Bonchev–Trinajstić information content (AvgIpc) is 2.35. The van der Waals surface area contributed by atoms with Gasteiger partial charge in [0.1, 0.15) is 0 Å². The predicted molar refractivity (Wildman–Crippen MR) is 72.0 cm³/mol. The molecule has 18 heavy (non-hydrogen) atoms. The van der Waals surface area contributed by atoms with E-state index in [2.05, 4.69) is 10.1 Å². The molecule has 5 nitrogen and oxygen atoms in total. The van der Waals surface area contributed by atoms with Crippen LogP contribution in [0.3, 0.4) is 0 Å². The van der Waals surface area contributed by atoms with Crippen LogP contribution < -0.4 is 11.1 Å². The number of esters is 1. The van der Waals surface area contributed by atoms with Gasteiger partial charge in [0, 0.05) is 17.6 Å². The number of carbonyl (C=O) groups excluding carboxylic acids is 2. The van der Waals surface area contributed by atoms with Gasteiger partial charge < -0.3 is 15.8 Å². The number of amides is 1. The van der Waals surface area contributed by atoms with E-state index in [4.69, 9.17) is 17.3 Å². The fraction of sp³-hybridized carbons (Fsp3) is 0.273. The molecule has 1 amide bonds. The van der Waals surface area contributed by atoms with Crippen LogP contribution in [0.2, 0.25) is 5.02 Å². The standard InChI is InChI=1S/C11H13ClN2O3S/c1-14-9(15)5-18-10-7(11(16)17-2)3-6(13)4-8(10)12/h3-4H,5,13H2,1-2H3,(H,14,15). The molecular weight excluding hydrogens is 276 g/mol. The van der Waals surface area contributed by atoms with Crippen LogP contribution in [0, 0.1) is 0 Å². The molecule has 0 spiro atoms. The first kappa shape index (κ1) is 14.7. The number of benzene rings is 1. The zero-order valence-electron chi connectivity index (χ0n) is 9.95. The largest absolute Gasteiger partial charge is 0.465 e. The minimum Gasteiger partial charge on any atom is -0.465 e. The molecule has 0 aliphatic heterocycles. The van der Waals surface area contributed by atoms with Crippen molar-refractivity contribution in [3.05, 3.63) is 22.7 Å². The van der Waals surface area contributed by atoms with E-state index in [9.17, 15) is 9.59 Å². The number of nitrogens with two attached hydrogens (primary N) is 1. The van der Waals surface area contributed by atoms with E-state index in [1.807, 2.05) is 0 Å². The molecule has 7 heteroatoms. The molecule has 0 fully saturated rings. The van der Waals surface area contributed by atoms with Crippen LogP contribution in [-0.4, -0.2) is 31.8 Å². The molecule has 0 unspecified atom stereocenters. The van der Waals surface area contributed by atoms with Gasteiger partial charge in [-0.25, -0.2) is 4.79 Å². The summed E-state index contributed by atoms with van der Waals surface area (Å²) in [6, 6.07) is 3.00. The number of ether oxygens (including phenoxy) is 1. The number of carbonyl (C=O) groups is 2. The lowest BCUT2D eigenvalue weighted by atomic mass is 10.2. The summed E-state index contributed by atoms with van der Waals surface area (Å²) in [4.78, 5) is 23.3. The van der Waals surface area contributed by atoms with Crippen molar-refractivity contribution in [1.82, 2.24) is 5.32 Å². The van der Waals surface area contributed by atoms with Crippen LogP contribution in [0.5, 0.6) is 0 Å². The Morgan fingerprint density at radius 3 is 2.72 bits per heavy atom. The molecule has 1 rings (SSSR count). The Kier molecular flexibility index (Phi) is 5.30. The smallest absolute Gasteiger partial charge is 0.339 e. The Labute approximate surface area is 114 Å². The molecule has 0 bridgehead atoms. The Morgan fingerprint density at radius 1 is 1.50 bits per heavy atom. The zero-order valence-corrected chi connectivity index (χ0v) is 11.5. The number of thioether (sulfide) groups is 1. The van der Waals surface area contributed by atoms with E-state index < -0.39 is 5.97 Å². The number of rotatable bonds is 4. The molecule has 0 aliphatic rings. The van der Waals surface area contributed by atoms with Crippen molar-refractivity contribution < 1.29 is 14.3 Å². The predicted octanol–water partition coefficient (Wildman–Crippen LogP) is 1.55. The van der Waals surface area contributed by atoms with Gasteiger partial charge in [0.25, 0.3) is 0 Å². The van der Waals surface area contributed by atoms with E-state index in [0.717, 1.165) is 11.8 Å². The molecule has 0 aliphatic carbocycles. The SMILES string of the molecule is CNC(=O)CSc1c(Cl)cc(N)cc1C(=O)OC. The molecule has 3 N–H and O–H groups in total. The van der Waals surface area contributed by atoms with Gasteiger partial charge in [0.15, 0.2) is 0 Å². The summed E-state index contributed by atoms with van der Waals surface area (Å²) in [6.45, 7) is 0. The maximum atomic E-state index is 11.6. The number of nitrogens with one attached hydrogen (secondary N) is 1. The Bertz CT molecular complexity index is 480. The molecule has 0 saturated carbocycles. The van der Waals surface area contributed by atoms with Crippen LogP contribution in [0.25, 0.3) is 0 Å². The fourth-order valence-corrected chi connectivity index (χ4v) is 2.54. The first-order chi connectivity index (χ1) is 8.49. The molecule has 0 saturated heterocycles. The topological polar surface area (TPSA) is 81.4 Å². The van der Waals surface area contributed by atoms with E-state index in [1.165, 1.54) is 26.3 Å². The number of nitrogen functional groups attached to an aromatic ring is 1. The maximum absolute atomic E-state index is 11.6.